The molecule has 0 aromatic rings. The van der Waals surface area contributed by atoms with Gasteiger partial charge in [0.25, 0.3) is 0 Å². The third-order valence-corrected chi connectivity index (χ3v) is 8.57. The molecular formula is C22H29FO4. The summed E-state index contributed by atoms with van der Waals surface area (Å²) in [6, 6.07) is 0. The van der Waals surface area contributed by atoms with Gasteiger partial charge in [-0.2, -0.15) is 0 Å². The number of aliphatic hydroxyl groups is 1. The lowest BCUT2D eigenvalue weighted by molar-refractivity contribution is -0.203. The first-order chi connectivity index (χ1) is 12.5. The Morgan fingerprint density at radius 3 is 2.52 bits per heavy atom. The van der Waals surface area contributed by atoms with Crippen LogP contribution in [0.3, 0.4) is 0 Å². The summed E-state index contributed by atoms with van der Waals surface area (Å²) in [4.78, 5) is 23.9. The normalized spacial score (nSPS) is 54.0. The number of allylic oxidation sites excluding steroid dienone is 4. The lowest BCUT2D eigenvalue weighted by atomic mass is 9.44. The highest BCUT2D eigenvalue weighted by molar-refractivity contribution is 6.01. The molecule has 0 aromatic carbocycles. The predicted molar refractivity (Wildman–Crippen MR) is 98.6 cm³/mol. The molecule has 9 atom stereocenters. The van der Waals surface area contributed by atoms with Crippen molar-refractivity contribution in [2.75, 3.05) is 0 Å². The van der Waals surface area contributed by atoms with E-state index in [1.165, 1.54) is 6.08 Å². The van der Waals surface area contributed by atoms with Crippen LogP contribution in [-0.2, 0) is 9.59 Å². The van der Waals surface area contributed by atoms with E-state index in [2.05, 4.69) is 0 Å². The van der Waals surface area contributed by atoms with Crippen LogP contribution in [0.4, 0.5) is 4.39 Å². The minimum Gasteiger partial charge on any atom is -0.481 e. The van der Waals surface area contributed by atoms with E-state index in [4.69, 9.17) is 0 Å². The SMILES string of the molecule is C[C@@H]1CC2C3C[C@H](C)C4=CC(=O)C=CC4(C)[C@@]3(F)C(O)CC2(C)C1C(=O)O. The fourth-order valence-electron chi connectivity index (χ4n) is 7.49. The number of aliphatic carboxylic acids is 1. The van der Waals surface area contributed by atoms with Crippen LogP contribution in [0, 0.1) is 40.4 Å². The number of carboxylic acid groups (broad SMARTS) is 1. The number of hydrogen-bond acceptors (Lipinski definition) is 3. The van der Waals surface area contributed by atoms with Gasteiger partial charge in [0.1, 0.15) is 0 Å². The second-order valence-electron chi connectivity index (χ2n) is 9.91. The number of carboxylic acids is 1. The molecule has 148 valence electrons. The topological polar surface area (TPSA) is 74.6 Å². The molecule has 5 heteroatoms. The lowest BCUT2D eigenvalue weighted by Gasteiger charge is -2.63. The number of carbonyl (C=O) groups is 2. The Hall–Kier alpha value is -1.49. The molecule has 0 spiro atoms. The molecule has 2 N–H and O–H groups in total. The van der Waals surface area contributed by atoms with Crippen LogP contribution in [0.15, 0.2) is 23.8 Å². The highest BCUT2D eigenvalue weighted by Gasteiger charge is 2.72. The van der Waals surface area contributed by atoms with Crippen LogP contribution in [0.25, 0.3) is 0 Å². The van der Waals surface area contributed by atoms with E-state index in [-0.39, 0.29) is 30.0 Å². The molecule has 0 amide bonds. The zero-order chi connectivity index (χ0) is 19.9. The summed E-state index contributed by atoms with van der Waals surface area (Å²) >= 11 is 0. The third-order valence-electron chi connectivity index (χ3n) is 8.57. The van der Waals surface area contributed by atoms with Crippen molar-refractivity contribution in [3.63, 3.8) is 0 Å². The van der Waals surface area contributed by atoms with E-state index in [1.54, 1.807) is 19.1 Å². The Balaban J connectivity index is 1.86. The van der Waals surface area contributed by atoms with Crippen molar-refractivity contribution < 1.29 is 24.2 Å². The molecule has 4 aliphatic rings. The van der Waals surface area contributed by atoms with Gasteiger partial charge in [0, 0.05) is 11.3 Å². The number of ketones is 1. The van der Waals surface area contributed by atoms with E-state index >= 15 is 4.39 Å². The maximum atomic E-state index is 16.9. The molecule has 0 saturated heterocycles. The second-order valence-corrected chi connectivity index (χ2v) is 9.91. The molecule has 0 bridgehead atoms. The molecule has 6 unspecified atom stereocenters. The van der Waals surface area contributed by atoms with Gasteiger partial charge in [0.05, 0.1) is 12.0 Å². The summed E-state index contributed by atoms with van der Waals surface area (Å²) in [5.41, 5.74) is -2.78. The summed E-state index contributed by atoms with van der Waals surface area (Å²) in [6.45, 7) is 7.68. The summed E-state index contributed by atoms with van der Waals surface area (Å²) in [5.74, 6) is -2.08. The molecule has 4 rings (SSSR count). The van der Waals surface area contributed by atoms with E-state index in [0.29, 0.717) is 12.8 Å². The maximum absolute atomic E-state index is 16.9. The van der Waals surface area contributed by atoms with Crippen LogP contribution in [0.2, 0.25) is 0 Å². The molecular weight excluding hydrogens is 347 g/mol. The van der Waals surface area contributed by atoms with E-state index < -0.39 is 40.4 Å². The Kier molecular flexibility index (Phi) is 3.86. The molecule has 3 saturated carbocycles. The van der Waals surface area contributed by atoms with Crippen LogP contribution in [0.1, 0.15) is 47.0 Å². The number of alkyl halides is 1. The highest BCUT2D eigenvalue weighted by atomic mass is 19.1. The van der Waals surface area contributed by atoms with Gasteiger partial charge in [0.2, 0.25) is 0 Å². The fourth-order valence-corrected chi connectivity index (χ4v) is 7.49. The molecule has 4 aliphatic carbocycles. The van der Waals surface area contributed by atoms with Gasteiger partial charge in [-0.1, -0.05) is 32.4 Å². The van der Waals surface area contributed by atoms with Crippen LogP contribution < -0.4 is 0 Å². The quantitative estimate of drug-likeness (QED) is 0.734. The van der Waals surface area contributed by atoms with Gasteiger partial charge in [-0.3, -0.25) is 9.59 Å². The van der Waals surface area contributed by atoms with Gasteiger partial charge in [-0.05, 0) is 61.5 Å². The minimum absolute atomic E-state index is 0.0199. The fraction of sp³-hybridized carbons (Fsp3) is 0.727. The molecule has 27 heavy (non-hydrogen) atoms. The highest BCUT2D eigenvalue weighted by Crippen LogP contribution is 2.70. The van der Waals surface area contributed by atoms with Crippen molar-refractivity contribution in [2.24, 2.45) is 40.4 Å². The van der Waals surface area contributed by atoms with Crippen LogP contribution in [-0.4, -0.2) is 33.7 Å². The molecule has 0 heterocycles. The van der Waals surface area contributed by atoms with Gasteiger partial charge < -0.3 is 10.2 Å². The van der Waals surface area contributed by atoms with Crippen molar-refractivity contribution in [3.8, 4) is 0 Å². The van der Waals surface area contributed by atoms with Crippen molar-refractivity contribution in [1.29, 1.82) is 0 Å². The number of carbonyl (C=O) groups excluding carboxylic acids is 1. The standard InChI is InChI=1S/C22H29FO4/c1-11-7-16-15-8-12(2)18(19(26)27)20(15,3)10-17(25)22(16,23)21(4)6-5-13(24)9-14(11)21/h5-6,9,11-12,15-18,25H,7-8,10H2,1-4H3,(H,26,27)/t11-,12+,15?,16?,17?,18?,20?,21?,22-/m0/s1. The van der Waals surface area contributed by atoms with E-state index in [1.807, 2.05) is 20.8 Å². The average Bonchev–Trinajstić information content (AvgIpc) is 2.82. The number of aliphatic hydroxyl groups excluding tert-OH is 1. The number of fused-ring (bicyclic) bond motifs is 5. The number of halogens is 1. The first kappa shape index (κ1) is 18.9. The smallest absolute Gasteiger partial charge is 0.307 e. The molecule has 0 aromatic heterocycles. The summed E-state index contributed by atoms with van der Waals surface area (Å²) in [7, 11) is 0. The van der Waals surface area contributed by atoms with Crippen LogP contribution >= 0.6 is 0 Å². The van der Waals surface area contributed by atoms with Crippen molar-refractivity contribution in [1.82, 2.24) is 0 Å². The zero-order valence-corrected chi connectivity index (χ0v) is 16.4. The Morgan fingerprint density at radius 2 is 1.89 bits per heavy atom. The van der Waals surface area contributed by atoms with Gasteiger partial charge in [-0.25, -0.2) is 4.39 Å². The first-order valence-electron chi connectivity index (χ1n) is 10.0. The van der Waals surface area contributed by atoms with E-state index in [0.717, 1.165) is 5.57 Å². The monoisotopic (exact) mass is 376 g/mol. The summed E-state index contributed by atoms with van der Waals surface area (Å²) in [5, 5.41) is 20.9. The first-order valence-corrected chi connectivity index (χ1v) is 10.0. The van der Waals surface area contributed by atoms with Gasteiger partial charge in [0.15, 0.2) is 11.5 Å². The minimum atomic E-state index is -1.89. The van der Waals surface area contributed by atoms with Crippen molar-refractivity contribution in [3.05, 3.63) is 23.8 Å². The van der Waals surface area contributed by atoms with Gasteiger partial charge >= 0.3 is 5.97 Å². The Bertz CT molecular complexity index is 772. The zero-order valence-electron chi connectivity index (χ0n) is 16.4. The van der Waals surface area contributed by atoms with E-state index in [9.17, 15) is 19.8 Å². The number of hydrogen-bond donors (Lipinski definition) is 2. The van der Waals surface area contributed by atoms with Gasteiger partial charge in [-0.15, -0.1) is 0 Å². The molecule has 4 nitrogen and oxygen atoms in total. The largest absolute Gasteiger partial charge is 0.481 e. The predicted octanol–water partition coefficient (Wildman–Crippen LogP) is 3.55. The van der Waals surface area contributed by atoms with Crippen molar-refractivity contribution >= 4 is 11.8 Å². The second kappa shape index (κ2) is 5.53. The van der Waals surface area contributed by atoms with Crippen LogP contribution in [0.5, 0.6) is 0 Å². The molecule has 0 radical (unpaired) electrons. The maximum Gasteiger partial charge on any atom is 0.307 e. The lowest BCUT2D eigenvalue weighted by Crippen LogP contribution is -2.67. The summed E-state index contributed by atoms with van der Waals surface area (Å²) in [6.07, 6.45) is 4.70. The Labute approximate surface area is 159 Å². The summed E-state index contributed by atoms with van der Waals surface area (Å²) < 4.78 is 16.9. The third kappa shape index (κ3) is 2.12. The average molecular weight is 376 g/mol. The Morgan fingerprint density at radius 1 is 1.22 bits per heavy atom. The molecule has 3 fully saturated rings. The van der Waals surface area contributed by atoms with Crippen molar-refractivity contribution in [2.45, 2.75) is 58.7 Å². The molecule has 0 aliphatic heterocycles. The number of rotatable bonds is 1.